The van der Waals surface area contributed by atoms with E-state index in [-0.39, 0.29) is 5.82 Å². The van der Waals surface area contributed by atoms with Crippen LogP contribution in [0, 0.1) is 18.6 Å². The topological polar surface area (TPSA) is 21.3 Å². The predicted molar refractivity (Wildman–Crippen MR) is 82.7 cm³/mol. The Bertz CT molecular complexity index is 661. The Balaban J connectivity index is 2.61. The third-order valence-electron chi connectivity index (χ3n) is 3.40. The molecule has 0 aliphatic rings. The van der Waals surface area contributed by atoms with Gasteiger partial charge in [0.05, 0.1) is 17.6 Å². The van der Waals surface area contributed by atoms with Crippen LogP contribution < -0.4 is 10.1 Å². The molecule has 1 N–H and O–H groups in total. The second-order valence-corrected chi connectivity index (χ2v) is 5.56. The van der Waals surface area contributed by atoms with E-state index >= 15 is 0 Å². The minimum absolute atomic E-state index is 0.278. The van der Waals surface area contributed by atoms with E-state index in [0.29, 0.717) is 26.9 Å². The standard InChI is InChI=1S/C16H16BrF2NO/c1-9-5-4-6-10(15(9)19)16(20-2)11-7-12(17)13(18)8-14(11)21-3/h4-8,16,20H,1-3H3. The van der Waals surface area contributed by atoms with Gasteiger partial charge in [0.15, 0.2) is 0 Å². The molecule has 112 valence electrons. The molecule has 1 atom stereocenters. The van der Waals surface area contributed by atoms with E-state index in [9.17, 15) is 8.78 Å². The quantitative estimate of drug-likeness (QED) is 0.879. The van der Waals surface area contributed by atoms with Crippen LogP contribution in [0.4, 0.5) is 8.78 Å². The summed E-state index contributed by atoms with van der Waals surface area (Å²) in [5.41, 5.74) is 1.72. The van der Waals surface area contributed by atoms with Crippen LogP contribution in [0.2, 0.25) is 0 Å². The lowest BCUT2D eigenvalue weighted by Crippen LogP contribution is -2.20. The Morgan fingerprint density at radius 3 is 2.52 bits per heavy atom. The van der Waals surface area contributed by atoms with E-state index in [0.717, 1.165) is 0 Å². The van der Waals surface area contributed by atoms with E-state index in [2.05, 4.69) is 21.2 Å². The average Bonchev–Trinajstić information content (AvgIpc) is 2.47. The lowest BCUT2D eigenvalue weighted by atomic mass is 9.96. The first-order valence-electron chi connectivity index (χ1n) is 6.44. The van der Waals surface area contributed by atoms with Crippen LogP contribution in [0.5, 0.6) is 5.75 Å². The van der Waals surface area contributed by atoms with Gasteiger partial charge in [0.2, 0.25) is 0 Å². The van der Waals surface area contributed by atoms with Gasteiger partial charge >= 0.3 is 0 Å². The Labute approximate surface area is 131 Å². The first-order valence-corrected chi connectivity index (χ1v) is 7.24. The maximum absolute atomic E-state index is 14.4. The molecule has 0 aliphatic heterocycles. The number of hydrogen-bond acceptors (Lipinski definition) is 2. The molecule has 0 amide bonds. The van der Waals surface area contributed by atoms with Gasteiger partial charge in [-0.15, -0.1) is 0 Å². The molecule has 2 nitrogen and oxygen atoms in total. The van der Waals surface area contributed by atoms with Crippen LogP contribution in [0.3, 0.4) is 0 Å². The first kappa shape index (κ1) is 15.9. The van der Waals surface area contributed by atoms with Crippen LogP contribution >= 0.6 is 15.9 Å². The number of ether oxygens (including phenoxy) is 1. The summed E-state index contributed by atoms with van der Waals surface area (Å²) in [5, 5.41) is 3.06. The first-order chi connectivity index (χ1) is 9.99. The number of halogens is 3. The fourth-order valence-corrected chi connectivity index (χ4v) is 2.68. The summed E-state index contributed by atoms with van der Waals surface area (Å²) in [6.45, 7) is 1.71. The smallest absolute Gasteiger partial charge is 0.141 e. The molecule has 0 aromatic heterocycles. The maximum atomic E-state index is 14.4. The van der Waals surface area contributed by atoms with Crippen LogP contribution in [0.25, 0.3) is 0 Å². The summed E-state index contributed by atoms with van der Waals surface area (Å²) in [7, 11) is 3.19. The number of hydrogen-bond donors (Lipinski definition) is 1. The Morgan fingerprint density at radius 2 is 1.90 bits per heavy atom. The summed E-state index contributed by atoms with van der Waals surface area (Å²) in [6, 6.07) is 7.68. The highest BCUT2D eigenvalue weighted by atomic mass is 79.9. The van der Waals surface area contributed by atoms with Crippen LogP contribution in [-0.2, 0) is 0 Å². The molecular formula is C16H16BrF2NO. The van der Waals surface area contributed by atoms with Crippen molar-refractivity contribution in [3.8, 4) is 5.75 Å². The summed E-state index contributed by atoms with van der Waals surface area (Å²) < 4.78 is 33.6. The highest BCUT2D eigenvalue weighted by molar-refractivity contribution is 9.10. The Morgan fingerprint density at radius 1 is 1.19 bits per heavy atom. The van der Waals surface area contributed by atoms with Gasteiger partial charge in [0.25, 0.3) is 0 Å². The van der Waals surface area contributed by atoms with E-state index in [4.69, 9.17) is 4.74 Å². The van der Waals surface area contributed by atoms with Gasteiger partial charge < -0.3 is 10.1 Å². The molecular weight excluding hydrogens is 340 g/mol. The third-order valence-corrected chi connectivity index (χ3v) is 4.01. The maximum Gasteiger partial charge on any atom is 0.141 e. The van der Waals surface area contributed by atoms with Crippen molar-refractivity contribution < 1.29 is 13.5 Å². The SMILES string of the molecule is CNC(c1cc(Br)c(F)cc1OC)c1cccc(C)c1F. The molecule has 5 heteroatoms. The van der Waals surface area contributed by atoms with Crippen molar-refractivity contribution in [1.82, 2.24) is 5.32 Å². The van der Waals surface area contributed by atoms with Crippen molar-refractivity contribution >= 4 is 15.9 Å². The summed E-state index contributed by atoms with van der Waals surface area (Å²) >= 11 is 3.16. The highest BCUT2D eigenvalue weighted by Crippen LogP contribution is 2.35. The molecule has 0 bridgehead atoms. The van der Waals surface area contributed by atoms with Gasteiger partial charge in [-0.05, 0) is 41.5 Å². The minimum atomic E-state index is -0.434. The molecule has 0 saturated heterocycles. The molecule has 2 rings (SSSR count). The number of rotatable bonds is 4. The highest BCUT2D eigenvalue weighted by Gasteiger charge is 2.22. The summed E-state index contributed by atoms with van der Waals surface area (Å²) in [4.78, 5) is 0. The molecule has 0 spiro atoms. The molecule has 0 fully saturated rings. The molecule has 0 aliphatic carbocycles. The Kier molecular flexibility index (Phi) is 4.96. The fourth-order valence-electron chi connectivity index (χ4n) is 2.32. The summed E-state index contributed by atoms with van der Waals surface area (Å²) in [5.74, 6) is -0.328. The third kappa shape index (κ3) is 3.09. The molecule has 0 saturated carbocycles. The second kappa shape index (κ2) is 6.54. The minimum Gasteiger partial charge on any atom is -0.496 e. The van der Waals surface area contributed by atoms with E-state index in [1.165, 1.54) is 13.2 Å². The van der Waals surface area contributed by atoms with Gasteiger partial charge in [-0.1, -0.05) is 18.2 Å². The molecule has 2 aromatic rings. The zero-order chi connectivity index (χ0) is 15.6. The van der Waals surface area contributed by atoms with Gasteiger partial charge in [-0.2, -0.15) is 0 Å². The zero-order valence-corrected chi connectivity index (χ0v) is 13.6. The second-order valence-electron chi connectivity index (χ2n) is 4.71. The van der Waals surface area contributed by atoms with Gasteiger partial charge in [-0.3, -0.25) is 0 Å². The normalized spacial score (nSPS) is 12.3. The summed E-state index contributed by atoms with van der Waals surface area (Å²) in [6.07, 6.45) is 0. The number of aryl methyl sites for hydroxylation is 1. The van der Waals surface area contributed by atoms with Crippen LogP contribution in [-0.4, -0.2) is 14.2 Å². The van der Waals surface area contributed by atoms with Crippen molar-refractivity contribution in [2.75, 3.05) is 14.2 Å². The molecule has 2 aromatic carbocycles. The van der Waals surface area contributed by atoms with Crippen LogP contribution in [0.1, 0.15) is 22.7 Å². The predicted octanol–water partition coefficient (Wildman–Crippen LogP) is 4.35. The molecule has 21 heavy (non-hydrogen) atoms. The number of nitrogens with one attached hydrogen (secondary N) is 1. The number of benzene rings is 2. The van der Waals surface area contributed by atoms with Crippen molar-refractivity contribution in [2.45, 2.75) is 13.0 Å². The van der Waals surface area contributed by atoms with Gasteiger partial charge in [-0.25, -0.2) is 8.78 Å². The lowest BCUT2D eigenvalue weighted by molar-refractivity contribution is 0.400. The van der Waals surface area contributed by atoms with Crippen LogP contribution in [0.15, 0.2) is 34.8 Å². The zero-order valence-electron chi connectivity index (χ0n) is 12.0. The number of methoxy groups -OCH3 is 1. The fraction of sp³-hybridized carbons (Fsp3) is 0.250. The molecule has 1 unspecified atom stereocenters. The van der Waals surface area contributed by atoms with Crippen molar-refractivity contribution in [3.63, 3.8) is 0 Å². The van der Waals surface area contributed by atoms with Crippen molar-refractivity contribution in [2.24, 2.45) is 0 Å². The van der Waals surface area contributed by atoms with E-state index in [1.54, 1.807) is 38.2 Å². The lowest BCUT2D eigenvalue weighted by Gasteiger charge is -2.21. The molecule has 0 heterocycles. The van der Waals surface area contributed by atoms with E-state index in [1.807, 2.05) is 0 Å². The van der Waals surface area contributed by atoms with Crippen molar-refractivity contribution in [3.05, 3.63) is 63.1 Å². The largest absolute Gasteiger partial charge is 0.496 e. The monoisotopic (exact) mass is 355 g/mol. The molecule has 0 radical (unpaired) electrons. The Hall–Kier alpha value is -1.46. The van der Waals surface area contributed by atoms with Crippen molar-refractivity contribution in [1.29, 1.82) is 0 Å². The van der Waals surface area contributed by atoms with E-state index < -0.39 is 11.9 Å². The van der Waals surface area contributed by atoms with Gasteiger partial charge in [0.1, 0.15) is 17.4 Å². The van der Waals surface area contributed by atoms with Gasteiger partial charge in [0, 0.05) is 17.2 Å². The average molecular weight is 356 g/mol.